The SMILES string of the molecule is CCc1ccc2c(n1)N(C)CCO2. The third-order valence-electron chi connectivity index (χ3n) is 2.31. The molecule has 0 atom stereocenters. The molecule has 70 valence electrons. The van der Waals surface area contributed by atoms with Crippen LogP contribution in [0.15, 0.2) is 12.1 Å². The molecular weight excluding hydrogens is 164 g/mol. The number of aryl methyl sites for hydroxylation is 1. The lowest BCUT2D eigenvalue weighted by atomic mass is 10.2. The second kappa shape index (κ2) is 3.24. The summed E-state index contributed by atoms with van der Waals surface area (Å²) in [5.74, 6) is 1.89. The van der Waals surface area contributed by atoms with Crippen LogP contribution in [-0.2, 0) is 6.42 Å². The maximum Gasteiger partial charge on any atom is 0.171 e. The Morgan fingerprint density at radius 1 is 1.54 bits per heavy atom. The van der Waals surface area contributed by atoms with Gasteiger partial charge in [0.15, 0.2) is 11.6 Å². The molecule has 0 aromatic carbocycles. The number of fused-ring (bicyclic) bond motifs is 1. The summed E-state index contributed by atoms with van der Waals surface area (Å²) in [7, 11) is 2.05. The molecule has 1 aliphatic rings. The fraction of sp³-hybridized carbons (Fsp3) is 0.500. The number of hydrogen-bond acceptors (Lipinski definition) is 3. The smallest absolute Gasteiger partial charge is 0.171 e. The molecule has 1 aromatic heterocycles. The van der Waals surface area contributed by atoms with Gasteiger partial charge in [0.05, 0.1) is 6.54 Å². The van der Waals surface area contributed by atoms with Crippen LogP contribution in [-0.4, -0.2) is 25.2 Å². The van der Waals surface area contributed by atoms with Crippen LogP contribution >= 0.6 is 0 Å². The number of pyridine rings is 1. The zero-order valence-electron chi connectivity index (χ0n) is 8.08. The molecule has 0 N–H and O–H groups in total. The van der Waals surface area contributed by atoms with E-state index in [0.717, 1.165) is 36.8 Å². The first-order valence-electron chi connectivity index (χ1n) is 4.65. The largest absolute Gasteiger partial charge is 0.488 e. The standard InChI is InChI=1S/C10H14N2O/c1-3-8-4-5-9-10(11-8)12(2)6-7-13-9/h4-5H,3,6-7H2,1-2H3. The molecule has 0 radical (unpaired) electrons. The van der Waals surface area contributed by atoms with Gasteiger partial charge in [-0.15, -0.1) is 0 Å². The molecule has 3 nitrogen and oxygen atoms in total. The van der Waals surface area contributed by atoms with Crippen molar-refractivity contribution < 1.29 is 4.74 Å². The fourth-order valence-electron chi connectivity index (χ4n) is 1.46. The molecule has 0 fully saturated rings. The van der Waals surface area contributed by atoms with E-state index in [1.165, 1.54) is 0 Å². The molecule has 3 heteroatoms. The summed E-state index contributed by atoms with van der Waals surface area (Å²) in [6.45, 7) is 3.79. The lowest BCUT2D eigenvalue weighted by Gasteiger charge is -2.26. The Morgan fingerprint density at radius 2 is 2.38 bits per heavy atom. The highest BCUT2D eigenvalue weighted by Crippen LogP contribution is 2.28. The van der Waals surface area contributed by atoms with Gasteiger partial charge in [-0.25, -0.2) is 4.98 Å². The summed E-state index contributed by atoms with van der Waals surface area (Å²) in [5, 5.41) is 0. The highest BCUT2D eigenvalue weighted by molar-refractivity contribution is 5.53. The number of hydrogen-bond donors (Lipinski definition) is 0. The first-order chi connectivity index (χ1) is 6.31. The summed E-state index contributed by atoms with van der Waals surface area (Å²) < 4.78 is 5.49. The minimum Gasteiger partial charge on any atom is -0.488 e. The Morgan fingerprint density at radius 3 is 3.15 bits per heavy atom. The molecule has 0 saturated heterocycles. The maximum absolute atomic E-state index is 5.49. The minimum absolute atomic E-state index is 0.761. The van der Waals surface area contributed by atoms with Crippen LogP contribution in [0.3, 0.4) is 0 Å². The summed E-state index contributed by atoms with van der Waals surface area (Å²) in [4.78, 5) is 6.65. The van der Waals surface area contributed by atoms with E-state index in [0.29, 0.717) is 0 Å². The zero-order valence-corrected chi connectivity index (χ0v) is 8.08. The van der Waals surface area contributed by atoms with Crippen molar-refractivity contribution in [3.05, 3.63) is 17.8 Å². The minimum atomic E-state index is 0.761. The maximum atomic E-state index is 5.49. The molecule has 0 saturated carbocycles. The third kappa shape index (κ3) is 1.46. The predicted octanol–water partition coefficient (Wildman–Crippen LogP) is 1.47. The predicted molar refractivity (Wildman–Crippen MR) is 52.4 cm³/mol. The van der Waals surface area contributed by atoms with Gasteiger partial charge < -0.3 is 9.64 Å². The number of nitrogens with zero attached hydrogens (tertiary/aromatic N) is 2. The third-order valence-corrected chi connectivity index (χ3v) is 2.31. The summed E-state index contributed by atoms with van der Waals surface area (Å²) >= 11 is 0. The van der Waals surface area contributed by atoms with Crippen LogP contribution in [0, 0.1) is 0 Å². The van der Waals surface area contributed by atoms with Gasteiger partial charge in [-0.05, 0) is 18.6 Å². The van der Waals surface area contributed by atoms with E-state index < -0.39 is 0 Å². The first kappa shape index (κ1) is 8.35. The van der Waals surface area contributed by atoms with Crippen LogP contribution in [0.1, 0.15) is 12.6 Å². The topological polar surface area (TPSA) is 25.4 Å². The van der Waals surface area contributed by atoms with Gasteiger partial charge in [0.2, 0.25) is 0 Å². The van der Waals surface area contributed by atoms with Gasteiger partial charge in [0.25, 0.3) is 0 Å². The van der Waals surface area contributed by atoms with E-state index in [1.807, 2.05) is 19.2 Å². The second-order valence-corrected chi connectivity index (χ2v) is 3.25. The number of ether oxygens (including phenoxy) is 1. The van der Waals surface area contributed by atoms with Crippen LogP contribution in [0.25, 0.3) is 0 Å². The molecule has 13 heavy (non-hydrogen) atoms. The van der Waals surface area contributed by atoms with Crippen LogP contribution in [0.2, 0.25) is 0 Å². The van der Waals surface area contributed by atoms with Crippen LogP contribution in [0.4, 0.5) is 5.82 Å². The van der Waals surface area contributed by atoms with Gasteiger partial charge in [0.1, 0.15) is 6.61 Å². The first-order valence-corrected chi connectivity index (χ1v) is 4.65. The van der Waals surface area contributed by atoms with E-state index >= 15 is 0 Å². The van der Waals surface area contributed by atoms with Crippen molar-refractivity contribution in [2.24, 2.45) is 0 Å². The zero-order chi connectivity index (χ0) is 9.26. The van der Waals surface area contributed by atoms with E-state index in [-0.39, 0.29) is 0 Å². The molecule has 2 rings (SSSR count). The van der Waals surface area contributed by atoms with Gasteiger partial charge in [0, 0.05) is 12.7 Å². The lowest BCUT2D eigenvalue weighted by Crippen LogP contribution is -2.29. The Kier molecular flexibility index (Phi) is 2.08. The fourth-order valence-corrected chi connectivity index (χ4v) is 1.46. The Balaban J connectivity index is 2.41. The van der Waals surface area contributed by atoms with Gasteiger partial charge in [-0.2, -0.15) is 0 Å². The van der Waals surface area contributed by atoms with Gasteiger partial charge in [-0.3, -0.25) is 0 Å². The Labute approximate surface area is 78.3 Å². The number of rotatable bonds is 1. The molecule has 0 bridgehead atoms. The summed E-state index contributed by atoms with van der Waals surface area (Å²) in [6, 6.07) is 4.04. The van der Waals surface area contributed by atoms with Crippen molar-refractivity contribution in [2.75, 3.05) is 25.1 Å². The van der Waals surface area contributed by atoms with Gasteiger partial charge >= 0.3 is 0 Å². The average molecular weight is 178 g/mol. The summed E-state index contributed by atoms with van der Waals surface area (Å²) in [6.07, 6.45) is 0.973. The van der Waals surface area contributed by atoms with Crippen molar-refractivity contribution in [2.45, 2.75) is 13.3 Å². The number of aromatic nitrogens is 1. The lowest BCUT2D eigenvalue weighted by molar-refractivity contribution is 0.308. The molecule has 0 spiro atoms. The van der Waals surface area contributed by atoms with E-state index in [4.69, 9.17) is 4.74 Å². The molecule has 0 unspecified atom stereocenters. The average Bonchev–Trinajstić information content (AvgIpc) is 2.18. The molecule has 2 heterocycles. The molecular formula is C10H14N2O. The molecule has 0 aliphatic carbocycles. The highest BCUT2D eigenvalue weighted by atomic mass is 16.5. The highest BCUT2D eigenvalue weighted by Gasteiger charge is 2.15. The Bertz CT molecular complexity index is 312. The van der Waals surface area contributed by atoms with Crippen molar-refractivity contribution in [1.82, 2.24) is 4.98 Å². The van der Waals surface area contributed by atoms with Crippen molar-refractivity contribution in [1.29, 1.82) is 0 Å². The number of likely N-dealkylation sites (N-methyl/N-ethyl adjacent to an activating group) is 1. The van der Waals surface area contributed by atoms with E-state index in [9.17, 15) is 0 Å². The summed E-state index contributed by atoms with van der Waals surface area (Å²) in [5.41, 5.74) is 1.12. The normalized spacial score (nSPS) is 15.1. The molecule has 1 aliphatic heterocycles. The second-order valence-electron chi connectivity index (χ2n) is 3.25. The Hall–Kier alpha value is -1.25. The monoisotopic (exact) mass is 178 g/mol. The van der Waals surface area contributed by atoms with E-state index in [2.05, 4.69) is 16.8 Å². The molecule has 1 aromatic rings. The van der Waals surface area contributed by atoms with Gasteiger partial charge in [-0.1, -0.05) is 6.92 Å². The van der Waals surface area contributed by atoms with Crippen LogP contribution < -0.4 is 9.64 Å². The molecule has 0 amide bonds. The van der Waals surface area contributed by atoms with Crippen molar-refractivity contribution in [3.8, 4) is 5.75 Å². The number of anilines is 1. The van der Waals surface area contributed by atoms with Crippen LogP contribution in [0.5, 0.6) is 5.75 Å². The van der Waals surface area contributed by atoms with Crippen molar-refractivity contribution in [3.63, 3.8) is 0 Å². The quantitative estimate of drug-likeness (QED) is 0.651. The van der Waals surface area contributed by atoms with E-state index in [1.54, 1.807) is 0 Å². The van der Waals surface area contributed by atoms with Crippen molar-refractivity contribution >= 4 is 5.82 Å².